The van der Waals surface area contributed by atoms with Crippen molar-refractivity contribution in [3.05, 3.63) is 71.5 Å². The maximum atomic E-state index is 6.09. The van der Waals surface area contributed by atoms with Crippen LogP contribution in [0, 0.1) is 0 Å². The number of ether oxygens (including phenoxy) is 1. The van der Waals surface area contributed by atoms with Crippen LogP contribution < -0.4 is 10.5 Å². The second-order valence-electron chi connectivity index (χ2n) is 9.02. The third-order valence-corrected chi connectivity index (χ3v) is 6.40. The van der Waals surface area contributed by atoms with Gasteiger partial charge in [0.25, 0.3) is 0 Å². The van der Waals surface area contributed by atoms with Crippen molar-refractivity contribution in [1.82, 2.24) is 24.5 Å². The lowest BCUT2D eigenvalue weighted by atomic mass is 10.0. The second kappa shape index (κ2) is 10.2. The van der Waals surface area contributed by atoms with E-state index in [1.165, 1.54) is 48.2 Å². The number of benzene rings is 2. The summed E-state index contributed by atoms with van der Waals surface area (Å²) in [6.07, 6.45) is 7.16. The zero-order valence-corrected chi connectivity index (χ0v) is 19.8. The van der Waals surface area contributed by atoms with Gasteiger partial charge in [-0.25, -0.2) is 9.50 Å². The van der Waals surface area contributed by atoms with Gasteiger partial charge < -0.3 is 10.5 Å². The molecule has 0 saturated carbocycles. The Bertz CT molecular complexity index is 1230. The second-order valence-corrected chi connectivity index (χ2v) is 9.02. The van der Waals surface area contributed by atoms with Crippen molar-refractivity contribution >= 4 is 11.5 Å². The number of nitrogens with two attached hydrogens (primary N) is 1. The van der Waals surface area contributed by atoms with E-state index in [4.69, 9.17) is 10.5 Å². The molecule has 0 unspecified atom stereocenters. The summed E-state index contributed by atoms with van der Waals surface area (Å²) in [5, 5.41) is 4.51. The number of unbranched alkanes of at least 4 members (excludes halogenated alkanes) is 1. The minimum Gasteiger partial charge on any atom is -0.462 e. The van der Waals surface area contributed by atoms with Crippen molar-refractivity contribution < 1.29 is 4.74 Å². The van der Waals surface area contributed by atoms with Crippen molar-refractivity contribution in [3.63, 3.8) is 0 Å². The molecule has 176 valence electrons. The average molecular weight is 457 g/mol. The van der Waals surface area contributed by atoms with Crippen LogP contribution in [0.4, 0.5) is 5.82 Å². The molecular weight excluding hydrogens is 424 g/mol. The summed E-state index contributed by atoms with van der Waals surface area (Å²) in [4.78, 5) is 11.2. The average Bonchev–Trinajstić information content (AvgIpc) is 3.51. The number of fused-ring (bicyclic) bond motifs is 1. The topological polar surface area (TPSA) is 81.6 Å². The lowest BCUT2D eigenvalue weighted by molar-refractivity contribution is 0.280. The van der Waals surface area contributed by atoms with Crippen LogP contribution in [-0.2, 0) is 13.0 Å². The molecule has 0 bridgehead atoms. The van der Waals surface area contributed by atoms with Crippen molar-refractivity contribution in [1.29, 1.82) is 0 Å². The fraction of sp³-hybridized carbons (Fsp3) is 0.370. The first-order chi connectivity index (χ1) is 16.7. The van der Waals surface area contributed by atoms with E-state index in [1.54, 1.807) is 4.52 Å². The molecule has 7 nitrogen and oxygen atoms in total. The fourth-order valence-electron chi connectivity index (χ4n) is 4.44. The highest BCUT2D eigenvalue weighted by Crippen LogP contribution is 2.23. The van der Waals surface area contributed by atoms with Gasteiger partial charge in [0.2, 0.25) is 0 Å². The molecule has 34 heavy (non-hydrogen) atoms. The molecule has 1 fully saturated rings. The molecule has 5 rings (SSSR count). The van der Waals surface area contributed by atoms with Gasteiger partial charge in [-0.15, -0.1) is 5.10 Å². The smallest absolute Gasteiger partial charge is 0.336 e. The Kier molecular flexibility index (Phi) is 6.72. The van der Waals surface area contributed by atoms with E-state index in [0.717, 1.165) is 25.1 Å². The Labute approximate surface area is 200 Å². The van der Waals surface area contributed by atoms with E-state index >= 15 is 0 Å². The highest BCUT2D eigenvalue weighted by atomic mass is 16.5. The number of hydrogen-bond acceptors (Lipinski definition) is 6. The zero-order valence-electron chi connectivity index (χ0n) is 19.8. The van der Waals surface area contributed by atoms with Crippen molar-refractivity contribution in [2.75, 3.05) is 25.4 Å². The van der Waals surface area contributed by atoms with Gasteiger partial charge in [0.1, 0.15) is 0 Å². The minimum absolute atomic E-state index is 0.293. The number of likely N-dealkylation sites (tertiary alicyclic amines) is 1. The van der Waals surface area contributed by atoms with E-state index in [-0.39, 0.29) is 0 Å². The largest absolute Gasteiger partial charge is 0.462 e. The van der Waals surface area contributed by atoms with Crippen LogP contribution in [0.5, 0.6) is 6.01 Å². The normalized spacial score (nSPS) is 14.1. The molecule has 2 N–H and O–H groups in total. The summed E-state index contributed by atoms with van der Waals surface area (Å²) in [6.45, 7) is 6.19. The first kappa shape index (κ1) is 22.3. The molecule has 0 radical (unpaired) electrons. The zero-order chi connectivity index (χ0) is 23.3. The maximum absolute atomic E-state index is 6.09. The molecule has 0 atom stereocenters. The van der Waals surface area contributed by atoms with E-state index < -0.39 is 0 Å². The van der Waals surface area contributed by atoms with Crippen LogP contribution in [0.3, 0.4) is 0 Å². The Balaban J connectivity index is 1.28. The summed E-state index contributed by atoms with van der Waals surface area (Å²) in [5.74, 6) is 0.330. The molecule has 2 aromatic heterocycles. The Hall–Kier alpha value is -3.45. The number of anilines is 1. The number of nitrogen functional groups attached to an aromatic ring is 1. The van der Waals surface area contributed by atoms with Crippen molar-refractivity contribution in [2.45, 2.75) is 45.6 Å². The van der Waals surface area contributed by atoms with Gasteiger partial charge in [0.05, 0.1) is 18.5 Å². The standard InChI is InChI=1S/C27H32N6O/c1-2-3-16-34-27-30-25(28)26-29-18-24(33(26)31-27)17-20-6-10-22(11-7-20)23-12-8-21(9-13-23)19-32-14-4-5-15-32/h6-13,18H,2-5,14-17,19H2,1H3,(H2,28,30,31). The number of aromatic nitrogens is 4. The molecule has 4 aromatic rings. The van der Waals surface area contributed by atoms with E-state index in [1.807, 2.05) is 6.20 Å². The molecular formula is C27H32N6O. The number of imidazole rings is 1. The molecule has 1 aliphatic rings. The Morgan fingerprint density at radius 1 is 0.941 bits per heavy atom. The van der Waals surface area contributed by atoms with Crippen LogP contribution in [0.2, 0.25) is 0 Å². The Morgan fingerprint density at radius 2 is 1.62 bits per heavy atom. The molecule has 1 aliphatic heterocycles. The maximum Gasteiger partial charge on any atom is 0.336 e. The molecule has 0 spiro atoms. The molecule has 7 heteroatoms. The van der Waals surface area contributed by atoms with Gasteiger partial charge >= 0.3 is 6.01 Å². The summed E-state index contributed by atoms with van der Waals surface area (Å²) < 4.78 is 7.41. The Morgan fingerprint density at radius 3 is 2.29 bits per heavy atom. The van der Waals surface area contributed by atoms with Gasteiger partial charge in [-0.3, -0.25) is 4.90 Å². The van der Waals surface area contributed by atoms with Gasteiger partial charge in [-0.2, -0.15) is 4.98 Å². The summed E-state index contributed by atoms with van der Waals surface area (Å²) >= 11 is 0. The number of rotatable bonds is 9. The quantitative estimate of drug-likeness (QED) is 0.367. The van der Waals surface area contributed by atoms with Gasteiger partial charge in [0, 0.05) is 13.0 Å². The fourth-order valence-corrected chi connectivity index (χ4v) is 4.44. The summed E-state index contributed by atoms with van der Waals surface area (Å²) in [7, 11) is 0. The lowest BCUT2D eigenvalue weighted by Crippen LogP contribution is -2.18. The molecule has 0 amide bonds. The number of nitrogens with zero attached hydrogens (tertiary/aromatic N) is 5. The predicted octanol–water partition coefficient (Wildman–Crippen LogP) is 4.74. The van der Waals surface area contributed by atoms with Crippen molar-refractivity contribution in [2.24, 2.45) is 0 Å². The SMILES string of the molecule is CCCCOc1nc(N)c2ncc(Cc3ccc(-c4ccc(CN5CCCC5)cc4)cc3)n2n1. The van der Waals surface area contributed by atoms with Crippen LogP contribution in [-0.4, -0.2) is 44.2 Å². The monoisotopic (exact) mass is 456 g/mol. The first-order valence-electron chi connectivity index (χ1n) is 12.2. The summed E-state index contributed by atoms with van der Waals surface area (Å²) in [6, 6.07) is 17.9. The third kappa shape index (κ3) is 5.04. The van der Waals surface area contributed by atoms with Crippen LogP contribution in [0.15, 0.2) is 54.7 Å². The van der Waals surface area contributed by atoms with Crippen LogP contribution >= 0.6 is 0 Å². The number of hydrogen-bond donors (Lipinski definition) is 1. The molecule has 0 aliphatic carbocycles. The first-order valence-corrected chi connectivity index (χ1v) is 12.2. The minimum atomic E-state index is 0.293. The molecule has 3 heterocycles. The third-order valence-electron chi connectivity index (χ3n) is 6.40. The molecule has 1 saturated heterocycles. The van der Waals surface area contributed by atoms with Crippen molar-refractivity contribution in [3.8, 4) is 17.1 Å². The van der Waals surface area contributed by atoms with E-state index in [2.05, 4.69) is 75.4 Å². The van der Waals surface area contributed by atoms with E-state index in [0.29, 0.717) is 30.5 Å². The predicted molar refractivity (Wildman–Crippen MR) is 135 cm³/mol. The highest BCUT2D eigenvalue weighted by molar-refractivity contribution is 5.64. The highest BCUT2D eigenvalue weighted by Gasteiger charge is 2.13. The van der Waals surface area contributed by atoms with Gasteiger partial charge in [0.15, 0.2) is 11.5 Å². The summed E-state index contributed by atoms with van der Waals surface area (Å²) in [5.41, 5.74) is 12.6. The lowest BCUT2D eigenvalue weighted by Gasteiger charge is -2.14. The van der Waals surface area contributed by atoms with Gasteiger partial charge in [-0.05, 0) is 54.6 Å². The van der Waals surface area contributed by atoms with Gasteiger partial charge in [-0.1, -0.05) is 61.9 Å². The van der Waals surface area contributed by atoms with Crippen LogP contribution in [0.25, 0.3) is 16.8 Å². The van der Waals surface area contributed by atoms with E-state index in [9.17, 15) is 0 Å². The van der Waals surface area contributed by atoms with Crippen LogP contribution in [0.1, 0.15) is 49.4 Å². The molecule has 2 aromatic carbocycles.